The molecule has 0 saturated carbocycles. The Morgan fingerprint density at radius 3 is 2.72 bits per heavy atom. The maximum Gasteiger partial charge on any atom is 0.256 e. The van der Waals surface area contributed by atoms with Gasteiger partial charge in [0.2, 0.25) is 15.9 Å². The van der Waals surface area contributed by atoms with E-state index in [-0.39, 0.29) is 16.0 Å². The summed E-state index contributed by atoms with van der Waals surface area (Å²) in [5.41, 5.74) is 0.867. The Kier molecular flexibility index (Phi) is 3.86. The maximum atomic E-state index is 12.8. The SMILES string of the molecule is O=C1Nc2ccccc2C(=O)N2CC[C@H](NS(=O)(=O)c3cccs3)[C@@H]12. The lowest BCUT2D eigenvalue weighted by Gasteiger charge is -2.24. The van der Waals surface area contributed by atoms with Crippen molar-refractivity contribution in [3.63, 3.8) is 0 Å². The minimum Gasteiger partial charge on any atom is -0.325 e. The number of nitrogens with one attached hydrogen (secondary N) is 2. The van der Waals surface area contributed by atoms with Crippen LogP contribution in [-0.2, 0) is 14.8 Å². The number of carbonyl (C=O) groups is 2. The lowest BCUT2D eigenvalue weighted by molar-refractivity contribution is -0.120. The summed E-state index contributed by atoms with van der Waals surface area (Å²) in [5.74, 6) is -0.647. The van der Waals surface area contributed by atoms with E-state index in [2.05, 4.69) is 10.0 Å². The fourth-order valence-corrected chi connectivity index (χ4v) is 5.57. The van der Waals surface area contributed by atoms with Gasteiger partial charge in [-0.3, -0.25) is 9.59 Å². The van der Waals surface area contributed by atoms with E-state index in [4.69, 9.17) is 0 Å². The van der Waals surface area contributed by atoms with Gasteiger partial charge in [0.25, 0.3) is 5.91 Å². The number of thiophene rings is 1. The molecule has 7 nitrogen and oxygen atoms in total. The monoisotopic (exact) mass is 377 g/mol. The van der Waals surface area contributed by atoms with Gasteiger partial charge in [0.1, 0.15) is 10.3 Å². The van der Waals surface area contributed by atoms with Gasteiger partial charge in [0, 0.05) is 6.54 Å². The lowest BCUT2D eigenvalue weighted by atomic mass is 10.1. The third-order valence-corrected chi connectivity index (χ3v) is 7.30. The Bertz CT molecular complexity index is 940. The van der Waals surface area contributed by atoms with E-state index in [1.54, 1.807) is 35.7 Å². The van der Waals surface area contributed by atoms with E-state index in [0.717, 1.165) is 11.3 Å². The number of para-hydroxylation sites is 1. The summed E-state index contributed by atoms with van der Waals surface area (Å²) < 4.78 is 27.7. The van der Waals surface area contributed by atoms with E-state index >= 15 is 0 Å². The van der Waals surface area contributed by atoms with E-state index in [1.165, 1.54) is 11.0 Å². The molecule has 0 unspecified atom stereocenters. The summed E-state index contributed by atoms with van der Waals surface area (Å²) >= 11 is 1.11. The predicted octanol–water partition coefficient (Wildman–Crippen LogP) is 1.26. The molecule has 2 aliphatic rings. The Labute approximate surface area is 148 Å². The number of hydrogen-bond acceptors (Lipinski definition) is 5. The van der Waals surface area contributed by atoms with Crippen LogP contribution in [-0.4, -0.2) is 43.8 Å². The fraction of sp³-hybridized carbons (Fsp3) is 0.250. The van der Waals surface area contributed by atoms with Crippen LogP contribution >= 0.6 is 11.3 Å². The van der Waals surface area contributed by atoms with Gasteiger partial charge in [-0.15, -0.1) is 11.3 Å². The smallest absolute Gasteiger partial charge is 0.256 e. The lowest BCUT2D eigenvalue weighted by Crippen LogP contribution is -2.51. The molecule has 0 spiro atoms. The molecule has 0 aliphatic carbocycles. The van der Waals surface area contributed by atoms with Crippen molar-refractivity contribution in [2.75, 3.05) is 11.9 Å². The molecule has 25 heavy (non-hydrogen) atoms. The maximum absolute atomic E-state index is 12.8. The van der Waals surface area contributed by atoms with Crippen molar-refractivity contribution in [3.05, 3.63) is 47.3 Å². The molecule has 1 fully saturated rings. The molecule has 130 valence electrons. The quantitative estimate of drug-likeness (QED) is 0.842. The molecule has 2 N–H and O–H groups in total. The number of sulfonamides is 1. The number of carbonyl (C=O) groups excluding carboxylic acids is 2. The first-order chi connectivity index (χ1) is 12.0. The van der Waals surface area contributed by atoms with Crippen molar-refractivity contribution in [1.82, 2.24) is 9.62 Å². The van der Waals surface area contributed by atoms with Crippen LogP contribution in [0.2, 0.25) is 0 Å². The van der Waals surface area contributed by atoms with Crippen LogP contribution in [0.3, 0.4) is 0 Å². The van der Waals surface area contributed by atoms with Crippen molar-refractivity contribution in [1.29, 1.82) is 0 Å². The molecule has 1 aromatic carbocycles. The molecule has 3 heterocycles. The number of hydrogen-bond donors (Lipinski definition) is 2. The minimum atomic E-state index is -3.72. The first-order valence-electron chi connectivity index (χ1n) is 7.74. The molecule has 9 heteroatoms. The second-order valence-corrected chi connectivity index (χ2v) is 8.82. The molecule has 1 aromatic heterocycles. The van der Waals surface area contributed by atoms with Crippen molar-refractivity contribution in [2.45, 2.75) is 22.7 Å². The molecule has 2 atom stereocenters. The molecule has 2 aromatic rings. The van der Waals surface area contributed by atoms with Gasteiger partial charge in [0.15, 0.2) is 0 Å². The number of nitrogens with zero attached hydrogens (tertiary/aromatic N) is 1. The topological polar surface area (TPSA) is 95.6 Å². The van der Waals surface area contributed by atoms with Crippen LogP contribution < -0.4 is 10.0 Å². The second-order valence-electron chi connectivity index (χ2n) is 5.93. The highest BCUT2D eigenvalue weighted by Crippen LogP contribution is 2.30. The molecular formula is C16H15N3O4S2. The second kappa shape index (κ2) is 5.94. The number of anilines is 1. The van der Waals surface area contributed by atoms with Crippen LogP contribution in [0, 0.1) is 0 Å². The third-order valence-electron chi connectivity index (χ3n) is 4.41. The van der Waals surface area contributed by atoms with Crippen molar-refractivity contribution >= 4 is 38.9 Å². The van der Waals surface area contributed by atoms with Crippen molar-refractivity contribution < 1.29 is 18.0 Å². The molecule has 2 aliphatic heterocycles. The zero-order valence-electron chi connectivity index (χ0n) is 13.0. The number of benzene rings is 1. The van der Waals surface area contributed by atoms with E-state index < -0.39 is 22.1 Å². The Morgan fingerprint density at radius 2 is 1.96 bits per heavy atom. The number of amides is 2. The average Bonchev–Trinajstić information content (AvgIpc) is 3.22. The van der Waals surface area contributed by atoms with E-state index in [1.807, 2.05) is 0 Å². The van der Waals surface area contributed by atoms with Gasteiger partial charge in [0.05, 0.1) is 17.3 Å². The van der Waals surface area contributed by atoms with E-state index in [0.29, 0.717) is 24.2 Å². The predicted molar refractivity (Wildman–Crippen MR) is 92.9 cm³/mol. The molecule has 0 radical (unpaired) electrons. The highest BCUT2D eigenvalue weighted by atomic mass is 32.2. The van der Waals surface area contributed by atoms with Gasteiger partial charge < -0.3 is 10.2 Å². The van der Waals surface area contributed by atoms with Gasteiger partial charge in [-0.25, -0.2) is 13.1 Å². The van der Waals surface area contributed by atoms with Crippen molar-refractivity contribution in [3.8, 4) is 0 Å². The third kappa shape index (κ3) is 2.74. The molecule has 4 rings (SSSR count). The summed E-state index contributed by atoms with van der Waals surface area (Å²) in [5, 5.41) is 4.42. The Hall–Kier alpha value is -2.23. The van der Waals surface area contributed by atoms with Crippen LogP contribution in [0.5, 0.6) is 0 Å². The Balaban J connectivity index is 1.65. The summed E-state index contributed by atoms with van der Waals surface area (Å²) in [6, 6.07) is 8.42. The first-order valence-corrected chi connectivity index (χ1v) is 10.1. The largest absolute Gasteiger partial charge is 0.325 e. The molecular weight excluding hydrogens is 362 g/mol. The standard InChI is InChI=1S/C16H15N3O4S2/c20-15-14-12(18-25(22,23)13-6-3-9-24-13)7-8-19(14)16(21)10-4-1-2-5-11(10)17-15/h1-6,9,12,14,18H,7-8H2,(H,17,20)/t12-,14-/m0/s1. The molecule has 1 saturated heterocycles. The normalized spacial score (nSPS) is 23.0. The minimum absolute atomic E-state index is 0.189. The highest BCUT2D eigenvalue weighted by molar-refractivity contribution is 7.91. The fourth-order valence-electron chi connectivity index (χ4n) is 3.28. The molecule has 0 bridgehead atoms. The number of fused-ring (bicyclic) bond motifs is 2. The zero-order valence-corrected chi connectivity index (χ0v) is 14.6. The van der Waals surface area contributed by atoms with Crippen LogP contribution in [0.15, 0.2) is 46.0 Å². The van der Waals surface area contributed by atoms with Gasteiger partial charge >= 0.3 is 0 Å². The van der Waals surface area contributed by atoms with Crippen LogP contribution in [0.1, 0.15) is 16.8 Å². The average molecular weight is 377 g/mol. The van der Waals surface area contributed by atoms with Crippen LogP contribution in [0.25, 0.3) is 0 Å². The summed E-state index contributed by atoms with van der Waals surface area (Å²) in [7, 11) is -3.72. The first kappa shape index (κ1) is 16.2. The summed E-state index contributed by atoms with van der Waals surface area (Å²) in [4.78, 5) is 26.9. The van der Waals surface area contributed by atoms with Gasteiger partial charge in [-0.05, 0) is 30.0 Å². The van der Waals surface area contributed by atoms with Gasteiger partial charge in [-0.1, -0.05) is 18.2 Å². The highest BCUT2D eigenvalue weighted by Gasteiger charge is 2.46. The summed E-state index contributed by atoms with van der Waals surface area (Å²) in [6.07, 6.45) is 0.386. The summed E-state index contributed by atoms with van der Waals surface area (Å²) in [6.45, 7) is 0.322. The van der Waals surface area contributed by atoms with Crippen LogP contribution in [0.4, 0.5) is 5.69 Å². The Morgan fingerprint density at radius 1 is 1.16 bits per heavy atom. The zero-order chi connectivity index (χ0) is 17.6. The molecule has 2 amide bonds. The van der Waals surface area contributed by atoms with Gasteiger partial charge in [-0.2, -0.15) is 0 Å². The number of rotatable bonds is 3. The van der Waals surface area contributed by atoms with E-state index in [9.17, 15) is 18.0 Å². The van der Waals surface area contributed by atoms with Crippen molar-refractivity contribution in [2.24, 2.45) is 0 Å².